The van der Waals surface area contributed by atoms with E-state index in [9.17, 15) is 4.79 Å². The maximum atomic E-state index is 11.9. The van der Waals surface area contributed by atoms with Crippen LogP contribution in [0.3, 0.4) is 0 Å². The van der Waals surface area contributed by atoms with Gasteiger partial charge in [0.05, 0.1) is 9.58 Å². The number of fused-ring (bicyclic) bond motifs is 1. The zero-order chi connectivity index (χ0) is 13.3. The van der Waals surface area contributed by atoms with Gasteiger partial charge in [0.15, 0.2) is 0 Å². The lowest BCUT2D eigenvalue weighted by atomic mass is 10.2. The number of hydrogen-bond acceptors (Lipinski definition) is 2. The van der Waals surface area contributed by atoms with Crippen LogP contribution in [-0.4, -0.2) is 17.0 Å². The van der Waals surface area contributed by atoms with Crippen LogP contribution in [-0.2, 0) is 0 Å². The van der Waals surface area contributed by atoms with Crippen LogP contribution >= 0.6 is 11.3 Å². The van der Waals surface area contributed by atoms with E-state index in [1.807, 2.05) is 6.07 Å². The summed E-state index contributed by atoms with van der Waals surface area (Å²) in [5, 5.41) is 4.11. The van der Waals surface area contributed by atoms with E-state index in [2.05, 4.69) is 50.0 Å². The van der Waals surface area contributed by atoms with Gasteiger partial charge in [-0.05, 0) is 25.8 Å². The maximum absolute atomic E-state index is 11.9. The van der Waals surface area contributed by atoms with Crippen molar-refractivity contribution in [1.82, 2.24) is 9.88 Å². The molecule has 0 unspecified atom stereocenters. The van der Waals surface area contributed by atoms with Gasteiger partial charge in [-0.1, -0.05) is 13.8 Å². The molecule has 0 fully saturated rings. The van der Waals surface area contributed by atoms with Gasteiger partial charge in [-0.25, -0.2) is 0 Å². The molecule has 0 radical (unpaired) electrons. The highest BCUT2D eigenvalue weighted by molar-refractivity contribution is 7.20. The Kier molecular flexibility index (Phi) is 3.76. The molecule has 0 aliphatic rings. The summed E-state index contributed by atoms with van der Waals surface area (Å²) < 4.78 is 3.36. The first-order valence-corrected chi connectivity index (χ1v) is 7.18. The molecule has 4 heteroatoms. The highest BCUT2D eigenvalue weighted by Gasteiger charge is 2.12. The average Bonchev–Trinajstić information content (AvgIpc) is 2.82. The molecule has 0 bridgehead atoms. The van der Waals surface area contributed by atoms with Crippen molar-refractivity contribution >= 4 is 27.3 Å². The van der Waals surface area contributed by atoms with E-state index in [1.165, 1.54) is 4.70 Å². The fraction of sp³-hybridized carbons (Fsp3) is 0.500. The molecule has 1 amide bonds. The predicted octanol–water partition coefficient (Wildman–Crippen LogP) is 3.67. The lowest BCUT2D eigenvalue weighted by Crippen LogP contribution is -2.26. The molecule has 1 N–H and O–H groups in total. The fourth-order valence-electron chi connectivity index (χ4n) is 1.75. The van der Waals surface area contributed by atoms with Gasteiger partial charge in [-0.2, -0.15) is 0 Å². The molecule has 98 valence electrons. The van der Waals surface area contributed by atoms with Gasteiger partial charge in [0.2, 0.25) is 0 Å². The fourth-order valence-corrected chi connectivity index (χ4v) is 2.74. The molecule has 2 rings (SSSR count). The summed E-state index contributed by atoms with van der Waals surface area (Å²) in [4.78, 5) is 12.7. The van der Waals surface area contributed by atoms with Crippen LogP contribution in [0.2, 0.25) is 0 Å². The second kappa shape index (κ2) is 5.14. The number of hydrogen-bond donors (Lipinski definition) is 1. The lowest BCUT2D eigenvalue weighted by molar-refractivity contribution is 0.0953. The Bertz CT molecular complexity index is 520. The molecular weight excluding hydrogens is 244 g/mol. The largest absolute Gasteiger partial charge is 0.351 e. The molecule has 2 aromatic rings. The minimum absolute atomic E-state index is 0.0426. The summed E-state index contributed by atoms with van der Waals surface area (Å²) in [5.41, 5.74) is 0. The highest BCUT2D eigenvalue weighted by atomic mass is 32.1. The topological polar surface area (TPSA) is 34.0 Å². The molecule has 2 aromatic heterocycles. The van der Waals surface area contributed by atoms with Gasteiger partial charge in [0.25, 0.3) is 5.91 Å². The molecule has 2 heterocycles. The number of carbonyl (C=O) groups is 1. The molecular formula is C14H20N2OS. The van der Waals surface area contributed by atoms with Gasteiger partial charge in [-0.15, -0.1) is 11.3 Å². The summed E-state index contributed by atoms with van der Waals surface area (Å²) >= 11 is 1.56. The number of carbonyl (C=O) groups excluding carboxylic acids is 1. The van der Waals surface area contributed by atoms with E-state index in [1.54, 1.807) is 11.3 Å². The van der Waals surface area contributed by atoms with Crippen molar-refractivity contribution in [2.45, 2.75) is 33.7 Å². The second-order valence-electron chi connectivity index (χ2n) is 5.33. The van der Waals surface area contributed by atoms with Crippen LogP contribution < -0.4 is 5.32 Å². The molecule has 18 heavy (non-hydrogen) atoms. The van der Waals surface area contributed by atoms with Gasteiger partial charge in [-0.3, -0.25) is 4.79 Å². The van der Waals surface area contributed by atoms with E-state index in [4.69, 9.17) is 0 Å². The zero-order valence-electron chi connectivity index (χ0n) is 11.4. The smallest absolute Gasteiger partial charge is 0.261 e. The number of amides is 1. The Hall–Kier alpha value is -1.29. The third kappa shape index (κ3) is 2.75. The van der Waals surface area contributed by atoms with E-state index in [0.29, 0.717) is 12.0 Å². The highest BCUT2D eigenvalue weighted by Crippen LogP contribution is 2.27. The van der Waals surface area contributed by atoms with Crippen molar-refractivity contribution < 1.29 is 4.79 Å². The van der Waals surface area contributed by atoms with Crippen molar-refractivity contribution in [3.05, 3.63) is 23.3 Å². The van der Waals surface area contributed by atoms with Crippen LogP contribution in [0.25, 0.3) is 10.1 Å². The molecule has 0 spiro atoms. The van der Waals surface area contributed by atoms with Crippen molar-refractivity contribution in [3.8, 4) is 0 Å². The first-order valence-electron chi connectivity index (χ1n) is 6.36. The van der Waals surface area contributed by atoms with Gasteiger partial charge in [0.1, 0.15) is 0 Å². The average molecular weight is 264 g/mol. The van der Waals surface area contributed by atoms with Gasteiger partial charge < -0.3 is 9.88 Å². The minimum Gasteiger partial charge on any atom is -0.351 e. The van der Waals surface area contributed by atoms with Gasteiger partial charge in [0, 0.05) is 30.4 Å². The Morgan fingerprint density at radius 1 is 1.33 bits per heavy atom. The third-order valence-electron chi connectivity index (χ3n) is 2.84. The molecule has 0 aliphatic carbocycles. The normalized spacial score (nSPS) is 11.7. The molecule has 0 aliphatic heterocycles. The van der Waals surface area contributed by atoms with Crippen molar-refractivity contribution in [3.63, 3.8) is 0 Å². The molecule has 3 nitrogen and oxygen atoms in total. The maximum Gasteiger partial charge on any atom is 0.261 e. The summed E-state index contributed by atoms with van der Waals surface area (Å²) in [5.74, 6) is 0.524. The Morgan fingerprint density at radius 2 is 2.06 bits per heavy atom. The zero-order valence-corrected chi connectivity index (χ0v) is 12.2. The van der Waals surface area contributed by atoms with Crippen LogP contribution in [0.1, 0.15) is 43.4 Å². The van der Waals surface area contributed by atoms with E-state index in [-0.39, 0.29) is 5.91 Å². The lowest BCUT2D eigenvalue weighted by Gasteiger charge is -2.06. The predicted molar refractivity (Wildman–Crippen MR) is 77.4 cm³/mol. The van der Waals surface area contributed by atoms with Crippen molar-refractivity contribution in [2.24, 2.45) is 5.92 Å². The van der Waals surface area contributed by atoms with Gasteiger partial charge >= 0.3 is 0 Å². The summed E-state index contributed by atoms with van der Waals surface area (Å²) in [7, 11) is 0. The third-order valence-corrected chi connectivity index (χ3v) is 3.92. The minimum atomic E-state index is 0.0426. The Labute approximate surface area is 112 Å². The number of rotatable bonds is 4. The molecule has 0 aromatic carbocycles. The quantitative estimate of drug-likeness (QED) is 0.898. The summed E-state index contributed by atoms with van der Waals surface area (Å²) in [6, 6.07) is 2.44. The van der Waals surface area contributed by atoms with E-state index < -0.39 is 0 Å². The number of aromatic nitrogens is 1. The Morgan fingerprint density at radius 3 is 2.61 bits per heavy atom. The van der Waals surface area contributed by atoms with Crippen molar-refractivity contribution in [1.29, 1.82) is 0 Å². The van der Waals surface area contributed by atoms with Crippen molar-refractivity contribution in [2.75, 3.05) is 6.54 Å². The van der Waals surface area contributed by atoms with E-state index >= 15 is 0 Å². The van der Waals surface area contributed by atoms with Crippen LogP contribution in [0, 0.1) is 5.92 Å². The summed E-state index contributed by atoms with van der Waals surface area (Å²) in [6.45, 7) is 9.22. The van der Waals surface area contributed by atoms with Crippen LogP contribution in [0.15, 0.2) is 18.5 Å². The van der Waals surface area contributed by atoms with E-state index in [0.717, 1.165) is 16.8 Å². The number of nitrogens with zero attached hydrogens (tertiary/aromatic N) is 1. The first-order chi connectivity index (χ1) is 8.47. The van der Waals surface area contributed by atoms with Crippen LogP contribution in [0.5, 0.6) is 0 Å². The molecule has 0 saturated heterocycles. The second-order valence-corrected chi connectivity index (χ2v) is 6.42. The number of nitrogens with one attached hydrogen (secondary N) is 1. The SMILES string of the molecule is CC(C)CNC(=O)c1cc2cn(C(C)C)cc2s1. The standard InChI is InChI=1S/C14H20N2OS/c1-9(2)6-15-14(17)12-5-11-7-16(10(3)4)8-13(11)18-12/h5,7-10H,6H2,1-4H3,(H,15,17). The van der Waals surface area contributed by atoms with Crippen LogP contribution in [0.4, 0.5) is 0 Å². The molecule has 0 atom stereocenters. The first kappa shape index (κ1) is 13.1. The molecule has 0 saturated carbocycles. The number of thiophene rings is 1. The monoisotopic (exact) mass is 264 g/mol. The Balaban J connectivity index is 2.15. The summed E-state index contributed by atoms with van der Waals surface area (Å²) in [6.07, 6.45) is 4.22.